The molecule has 2 N–H and O–H groups in total. The molecule has 30 heavy (non-hydrogen) atoms. The second-order valence-corrected chi connectivity index (χ2v) is 7.25. The lowest BCUT2D eigenvalue weighted by molar-refractivity contribution is -0.117. The number of hydrogen-bond acceptors (Lipinski definition) is 6. The van der Waals surface area contributed by atoms with Gasteiger partial charge >= 0.3 is 6.03 Å². The van der Waals surface area contributed by atoms with E-state index in [-0.39, 0.29) is 5.75 Å². The third-order valence-electron chi connectivity index (χ3n) is 4.34. The maximum atomic E-state index is 12.0. The van der Waals surface area contributed by atoms with Gasteiger partial charge in [0, 0.05) is 13.6 Å². The quantitative estimate of drug-likeness (QED) is 0.539. The zero-order chi connectivity index (χ0) is 21.3. The molecular formula is C21H23N5O3S. The number of carbonyl (C=O) groups excluding carboxylic acids is 2. The molecule has 2 aromatic carbocycles. The van der Waals surface area contributed by atoms with E-state index in [4.69, 9.17) is 4.74 Å². The van der Waals surface area contributed by atoms with Crippen molar-refractivity contribution in [1.29, 1.82) is 0 Å². The number of carbonyl (C=O) groups is 2. The summed E-state index contributed by atoms with van der Waals surface area (Å²) in [6.07, 6.45) is 0.777. The number of aryl methyl sites for hydroxylation is 1. The number of thioether (sulfide) groups is 1. The average Bonchev–Trinajstić information content (AvgIpc) is 3.19. The van der Waals surface area contributed by atoms with Crippen molar-refractivity contribution in [2.45, 2.75) is 18.1 Å². The van der Waals surface area contributed by atoms with E-state index in [1.165, 1.54) is 24.4 Å². The normalized spacial score (nSPS) is 10.5. The predicted molar refractivity (Wildman–Crippen MR) is 115 cm³/mol. The molecule has 0 aliphatic carbocycles. The highest BCUT2D eigenvalue weighted by molar-refractivity contribution is 7.99. The topological polar surface area (TPSA) is 98.1 Å². The van der Waals surface area contributed by atoms with Crippen LogP contribution in [0.3, 0.4) is 0 Å². The van der Waals surface area contributed by atoms with E-state index in [9.17, 15) is 9.59 Å². The molecule has 0 saturated heterocycles. The standard InChI is InChI=1S/C21H23N5O3S/c1-22-20(28)23-18(27)14-30-21-25-24-19(16-10-6-7-11-17(16)29-2)26(21)13-12-15-8-4-3-5-9-15/h3-11H,12-14H2,1-2H3,(H2,22,23,27,28). The smallest absolute Gasteiger partial charge is 0.321 e. The molecule has 0 atom stereocenters. The minimum absolute atomic E-state index is 0.0445. The maximum absolute atomic E-state index is 12.0. The van der Waals surface area contributed by atoms with Gasteiger partial charge in [-0.15, -0.1) is 10.2 Å². The van der Waals surface area contributed by atoms with Gasteiger partial charge in [-0.05, 0) is 24.1 Å². The molecule has 1 aromatic heterocycles. The van der Waals surface area contributed by atoms with E-state index >= 15 is 0 Å². The van der Waals surface area contributed by atoms with E-state index < -0.39 is 11.9 Å². The van der Waals surface area contributed by atoms with Crippen LogP contribution in [-0.4, -0.2) is 46.6 Å². The second-order valence-electron chi connectivity index (χ2n) is 6.31. The molecule has 9 heteroatoms. The fourth-order valence-corrected chi connectivity index (χ4v) is 3.63. The number of benzene rings is 2. The molecule has 3 amide bonds. The monoisotopic (exact) mass is 425 g/mol. The fourth-order valence-electron chi connectivity index (χ4n) is 2.87. The predicted octanol–water partition coefficient (Wildman–Crippen LogP) is 2.74. The van der Waals surface area contributed by atoms with Crippen LogP contribution in [0, 0.1) is 0 Å². The number of urea groups is 1. The van der Waals surface area contributed by atoms with Crippen molar-refractivity contribution in [2.75, 3.05) is 19.9 Å². The molecule has 0 aliphatic heterocycles. The van der Waals surface area contributed by atoms with Gasteiger partial charge in [-0.25, -0.2) is 4.79 Å². The molecule has 8 nitrogen and oxygen atoms in total. The second kappa shape index (κ2) is 10.4. The number of ether oxygens (including phenoxy) is 1. The zero-order valence-corrected chi connectivity index (χ0v) is 17.6. The van der Waals surface area contributed by atoms with Crippen molar-refractivity contribution in [1.82, 2.24) is 25.4 Å². The van der Waals surface area contributed by atoms with E-state index in [0.717, 1.165) is 12.0 Å². The molecule has 1 heterocycles. The molecule has 0 spiro atoms. The van der Waals surface area contributed by atoms with Gasteiger partial charge in [0.2, 0.25) is 5.91 Å². The Morgan fingerprint density at radius 1 is 1.07 bits per heavy atom. The van der Waals surface area contributed by atoms with Crippen molar-refractivity contribution in [3.8, 4) is 17.1 Å². The Hall–Kier alpha value is -3.33. The summed E-state index contributed by atoms with van der Waals surface area (Å²) in [6.45, 7) is 0.629. The Balaban J connectivity index is 1.85. The summed E-state index contributed by atoms with van der Waals surface area (Å²) < 4.78 is 7.46. The first kappa shape index (κ1) is 21.4. The molecule has 0 bridgehead atoms. The Morgan fingerprint density at radius 2 is 1.80 bits per heavy atom. The Bertz CT molecular complexity index is 1010. The number of amides is 3. The summed E-state index contributed by atoms with van der Waals surface area (Å²) in [5.74, 6) is 0.996. The lowest BCUT2D eigenvalue weighted by atomic mass is 10.1. The van der Waals surface area contributed by atoms with Crippen LogP contribution in [0.15, 0.2) is 59.8 Å². The SMILES string of the molecule is CNC(=O)NC(=O)CSc1nnc(-c2ccccc2OC)n1CCc1ccccc1. The number of para-hydroxylation sites is 1. The van der Waals surface area contributed by atoms with Crippen LogP contribution in [0.5, 0.6) is 5.75 Å². The first-order chi connectivity index (χ1) is 14.6. The van der Waals surface area contributed by atoms with Crippen molar-refractivity contribution in [2.24, 2.45) is 0 Å². The van der Waals surface area contributed by atoms with Gasteiger partial charge in [0.05, 0.1) is 18.4 Å². The third-order valence-corrected chi connectivity index (χ3v) is 5.31. The highest BCUT2D eigenvalue weighted by Crippen LogP contribution is 2.31. The van der Waals surface area contributed by atoms with Crippen molar-refractivity contribution < 1.29 is 14.3 Å². The summed E-state index contributed by atoms with van der Waals surface area (Å²) in [5.41, 5.74) is 2.01. The Kier molecular flexibility index (Phi) is 7.45. The lowest BCUT2D eigenvalue weighted by Crippen LogP contribution is -2.38. The highest BCUT2D eigenvalue weighted by atomic mass is 32.2. The first-order valence-corrected chi connectivity index (χ1v) is 10.4. The number of nitrogens with zero attached hydrogens (tertiary/aromatic N) is 3. The van der Waals surface area contributed by atoms with Crippen molar-refractivity contribution in [3.05, 3.63) is 60.2 Å². The largest absolute Gasteiger partial charge is 0.496 e. The molecule has 0 radical (unpaired) electrons. The molecule has 3 rings (SSSR count). The van der Waals surface area contributed by atoms with Gasteiger partial charge in [0.25, 0.3) is 0 Å². The molecule has 3 aromatic rings. The number of rotatable bonds is 8. The van der Waals surface area contributed by atoms with Crippen LogP contribution in [0.2, 0.25) is 0 Å². The number of methoxy groups -OCH3 is 1. The number of hydrogen-bond donors (Lipinski definition) is 2. The number of aromatic nitrogens is 3. The van der Waals surface area contributed by atoms with Gasteiger partial charge in [-0.3, -0.25) is 10.1 Å². The van der Waals surface area contributed by atoms with Gasteiger partial charge in [-0.2, -0.15) is 0 Å². The van der Waals surface area contributed by atoms with Gasteiger partial charge < -0.3 is 14.6 Å². The summed E-state index contributed by atoms with van der Waals surface area (Å²) in [7, 11) is 3.07. The van der Waals surface area contributed by atoms with Crippen LogP contribution < -0.4 is 15.4 Å². The van der Waals surface area contributed by atoms with E-state index in [2.05, 4.69) is 33.0 Å². The molecule has 0 unspecified atom stereocenters. The molecule has 156 valence electrons. The zero-order valence-electron chi connectivity index (χ0n) is 16.8. The number of nitrogens with one attached hydrogen (secondary N) is 2. The van der Waals surface area contributed by atoms with Gasteiger partial charge in [0.1, 0.15) is 5.75 Å². The Labute approximate surface area is 179 Å². The summed E-state index contributed by atoms with van der Waals surface area (Å²) in [5, 5.41) is 13.9. The van der Waals surface area contributed by atoms with Crippen LogP contribution in [-0.2, 0) is 17.8 Å². The van der Waals surface area contributed by atoms with E-state index in [1.54, 1.807) is 7.11 Å². The highest BCUT2D eigenvalue weighted by Gasteiger charge is 2.18. The van der Waals surface area contributed by atoms with Crippen LogP contribution in [0.25, 0.3) is 11.4 Å². The van der Waals surface area contributed by atoms with Crippen LogP contribution in [0.1, 0.15) is 5.56 Å². The Morgan fingerprint density at radius 3 is 2.53 bits per heavy atom. The van der Waals surface area contributed by atoms with Gasteiger partial charge in [0.15, 0.2) is 11.0 Å². The third kappa shape index (κ3) is 5.38. The summed E-state index contributed by atoms with van der Waals surface area (Å²) in [4.78, 5) is 23.3. The lowest BCUT2D eigenvalue weighted by Gasteiger charge is -2.12. The number of imide groups is 1. The molecule has 0 saturated carbocycles. The maximum Gasteiger partial charge on any atom is 0.321 e. The molecular weight excluding hydrogens is 402 g/mol. The van der Waals surface area contributed by atoms with E-state index in [1.807, 2.05) is 47.0 Å². The average molecular weight is 426 g/mol. The summed E-state index contributed by atoms with van der Waals surface area (Å²) >= 11 is 1.23. The first-order valence-electron chi connectivity index (χ1n) is 9.37. The van der Waals surface area contributed by atoms with Crippen LogP contribution in [0.4, 0.5) is 4.79 Å². The van der Waals surface area contributed by atoms with E-state index in [0.29, 0.717) is 23.3 Å². The van der Waals surface area contributed by atoms with Crippen molar-refractivity contribution >= 4 is 23.7 Å². The minimum atomic E-state index is -0.541. The summed E-state index contributed by atoms with van der Waals surface area (Å²) in [6, 6.07) is 17.2. The van der Waals surface area contributed by atoms with Crippen LogP contribution >= 0.6 is 11.8 Å². The fraction of sp³-hybridized carbons (Fsp3) is 0.238. The van der Waals surface area contributed by atoms with Crippen molar-refractivity contribution in [3.63, 3.8) is 0 Å². The molecule has 0 aliphatic rings. The molecule has 0 fully saturated rings. The van der Waals surface area contributed by atoms with Gasteiger partial charge in [-0.1, -0.05) is 54.2 Å². The minimum Gasteiger partial charge on any atom is -0.496 e.